The van der Waals surface area contributed by atoms with Crippen LogP contribution in [0, 0.1) is 0 Å². The van der Waals surface area contributed by atoms with E-state index in [0.717, 1.165) is 6.26 Å². The highest BCUT2D eigenvalue weighted by atomic mass is 32.2. The first-order chi connectivity index (χ1) is 5.75. The highest BCUT2D eigenvalue weighted by molar-refractivity contribution is 7.91. The number of esters is 1. The van der Waals surface area contributed by atoms with Crippen molar-refractivity contribution >= 4 is 15.8 Å². The van der Waals surface area contributed by atoms with Crippen LogP contribution in [0.2, 0.25) is 0 Å². The summed E-state index contributed by atoms with van der Waals surface area (Å²) in [5.41, 5.74) is 0.265. The van der Waals surface area contributed by atoms with Gasteiger partial charge < -0.3 is 4.74 Å². The zero-order chi connectivity index (χ0) is 10.6. The second kappa shape index (κ2) is 4.41. The Labute approximate surface area is 78.5 Å². The van der Waals surface area contributed by atoms with Crippen molar-refractivity contribution in [2.45, 2.75) is 19.1 Å². The highest BCUT2D eigenvalue weighted by Crippen LogP contribution is 2.00. The van der Waals surface area contributed by atoms with Crippen LogP contribution < -0.4 is 0 Å². The molecule has 0 bridgehead atoms. The van der Waals surface area contributed by atoms with Gasteiger partial charge in [0, 0.05) is 11.8 Å². The Bertz CT molecular complexity index is 302. The number of hydrogen-bond acceptors (Lipinski definition) is 4. The lowest BCUT2D eigenvalue weighted by Gasteiger charge is -2.09. The minimum absolute atomic E-state index is 0.121. The van der Waals surface area contributed by atoms with Crippen molar-refractivity contribution in [1.29, 1.82) is 0 Å². The molecule has 0 fully saturated rings. The Balaban J connectivity index is 4.06. The number of sulfone groups is 1. The van der Waals surface area contributed by atoms with Crippen molar-refractivity contribution in [3.8, 4) is 0 Å². The molecule has 0 aliphatic heterocycles. The maximum atomic E-state index is 10.9. The second-order valence-electron chi connectivity index (χ2n) is 3.02. The SMILES string of the molecule is C=C(C)C(=O)OCC(C)S(C)(=O)=O. The van der Waals surface area contributed by atoms with Crippen molar-refractivity contribution in [1.82, 2.24) is 0 Å². The van der Waals surface area contributed by atoms with Crippen molar-refractivity contribution in [2.75, 3.05) is 12.9 Å². The van der Waals surface area contributed by atoms with Crippen LogP contribution in [0.4, 0.5) is 0 Å². The Hall–Kier alpha value is -0.840. The fourth-order valence-electron chi connectivity index (χ4n) is 0.440. The van der Waals surface area contributed by atoms with Crippen molar-refractivity contribution in [2.24, 2.45) is 0 Å². The third-order valence-corrected chi connectivity index (χ3v) is 3.13. The first-order valence-electron chi connectivity index (χ1n) is 3.76. The van der Waals surface area contributed by atoms with Gasteiger partial charge in [0.05, 0.1) is 5.25 Å². The maximum Gasteiger partial charge on any atom is 0.333 e. The molecule has 0 saturated heterocycles. The zero-order valence-corrected chi connectivity index (χ0v) is 8.85. The molecule has 0 aliphatic rings. The smallest absolute Gasteiger partial charge is 0.333 e. The average molecular weight is 206 g/mol. The minimum Gasteiger partial charge on any atom is -0.461 e. The third kappa shape index (κ3) is 4.67. The molecule has 76 valence electrons. The van der Waals surface area contributed by atoms with Gasteiger partial charge in [-0.3, -0.25) is 0 Å². The molecule has 5 heteroatoms. The van der Waals surface area contributed by atoms with E-state index in [1.54, 1.807) is 0 Å². The number of hydrogen-bond donors (Lipinski definition) is 0. The molecule has 0 aromatic heterocycles. The summed E-state index contributed by atoms with van der Waals surface area (Å²) in [4.78, 5) is 10.9. The molecular formula is C8H14O4S. The molecule has 0 radical (unpaired) electrons. The van der Waals surface area contributed by atoms with Gasteiger partial charge >= 0.3 is 5.97 Å². The molecule has 0 rings (SSSR count). The minimum atomic E-state index is -3.13. The van der Waals surface area contributed by atoms with Gasteiger partial charge in [-0.15, -0.1) is 0 Å². The quantitative estimate of drug-likeness (QED) is 0.497. The summed E-state index contributed by atoms with van der Waals surface area (Å²) in [6.45, 7) is 6.25. The topological polar surface area (TPSA) is 60.4 Å². The van der Waals surface area contributed by atoms with Gasteiger partial charge in [0.1, 0.15) is 6.61 Å². The van der Waals surface area contributed by atoms with E-state index in [0.29, 0.717) is 0 Å². The summed E-state index contributed by atoms with van der Waals surface area (Å²) < 4.78 is 26.5. The lowest BCUT2D eigenvalue weighted by atomic mass is 10.4. The number of carbonyl (C=O) groups is 1. The molecule has 0 heterocycles. The number of carbonyl (C=O) groups excluding carboxylic acids is 1. The fourth-order valence-corrected chi connectivity index (χ4v) is 0.755. The van der Waals surface area contributed by atoms with Gasteiger partial charge in [-0.1, -0.05) is 6.58 Å². The van der Waals surface area contributed by atoms with E-state index in [2.05, 4.69) is 11.3 Å². The van der Waals surface area contributed by atoms with E-state index in [9.17, 15) is 13.2 Å². The molecule has 0 aromatic rings. The summed E-state index contributed by atoms with van der Waals surface area (Å²) >= 11 is 0. The lowest BCUT2D eigenvalue weighted by molar-refractivity contribution is -0.138. The lowest BCUT2D eigenvalue weighted by Crippen LogP contribution is -2.24. The predicted molar refractivity (Wildman–Crippen MR) is 50.1 cm³/mol. The van der Waals surface area contributed by atoms with E-state index in [1.165, 1.54) is 13.8 Å². The van der Waals surface area contributed by atoms with Gasteiger partial charge in [0.15, 0.2) is 9.84 Å². The van der Waals surface area contributed by atoms with Crippen LogP contribution in [-0.4, -0.2) is 32.5 Å². The predicted octanol–water partition coefficient (Wildman–Crippen LogP) is 0.539. The Kier molecular flexibility index (Phi) is 4.13. The van der Waals surface area contributed by atoms with Crippen LogP contribution in [0.5, 0.6) is 0 Å². The Morgan fingerprint density at radius 2 is 2.00 bits per heavy atom. The second-order valence-corrected chi connectivity index (χ2v) is 5.48. The van der Waals surface area contributed by atoms with Crippen molar-refractivity contribution in [3.05, 3.63) is 12.2 Å². The summed E-state index contributed by atoms with van der Waals surface area (Å²) in [5, 5.41) is -0.671. The Morgan fingerprint density at radius 3 is 2.31 bits per heavy atom. The normalized spacial score (nSPS) is 13.5. The highest BCUT2D eigenvalue weighted by Gasteiger charge is 2.16. The van der Waals surface area contributed by atoms with Crippen molar-refractivity contribution < 1.29 is 17.9 Å². The summed E-state index contributed by atoms with van der Waals surface area (Å²) in [7, 11) is -3.13. The molecular weight excluding hydrogens is 192 g/mol. The molecule has 0 N–H and O–H groups in total. The van der Waals surface area contributed by atoms with E-state index < -0.39 is 21.1 Å². The van der Waals surface area contributed by atoms with Gasteiger partial charge in [-0.25, -0.2) is 13.2 Å². The molecule has 0 amide bonds. The first-order valence-corrected chi connectivity index (χ1v) is 5.72. The summed E-state index contributed by atoms with van der Waals surface area (Å²) in [6, 6.07) is 0. The largest absolute Gasteiger partial charge is 0.461 e. The zero-order valence-electron chi connectivity index (χ0n) is 8.03. The number of ether oxygens (including phenoxy) is 1. The molecule has 1 unspecified atom stereocenters. The molecule has 4 nitrogen and oxygen atoms in total. The fraction of sp³-hybridized carbons (Fsp3) is 0.625. The van der Waals surface area contributed by atoms with E-state index in [1.807, 2.05) is 0 Å². The van der Waals surface area contributed by atoms with Gasteiger partial charge in [0.25, 0.3) is 0 Å². The molecule has 0 aliphatic carbocycles. The van der Waals surface area contributed by atoms with Gasteiger partial charge in [-0.05, 0) is 13.8 Å². The Morgan fingerprint density at radius 1 is 1.54 bits per heavy atom. The first kappa shape index (κ1) is 12.2. The van der Waals surface area contributed by atoms with Crippen LogP contribution in [0.25, 0.3) is 0 Å². The standard InChI is InChI=1S/C8H14O4S/c1-6(2)8(9)12-5-7(3)13(4,10)11/h7H,1,5H2,2-4H3. The summed E-state index contributed by atoms with van der Waals surface area (Å²) in [6.07, 6.45) is 1.10. The van der Waals surface area contributed by atoms with Gasteiger partial charge in [0.2, 0.25) is 0 Å². The van der Waals surface area contributed by atoms with Crippen LogP contribution in [0.3, 0.4) is 0 Å². The van der Waals surface area contributed by atoms with E-state index in [4.69, 9.17) is 0 Å². The van der Waals surface area contributed by atoms with Crippen LogP contribution in [0.15, 0.2) is 12.2 Å². The van der Waals surface area contributed by atoms with E-state index >= 15 is 0 Å². The van der Waals surface area contributed by atoms with Crippen LogP contribution in [0.1, 0.15) is 13.8 Å². The maximum absolute atomic E-state index is 10.9. The molecule has 0 spiro atoms. The molecule has 0 saturated carbocycles. The van der Waals surface area contributed by atoms with Crippen LogP contribution in [-0.2, 0) is 19.4 Å². The van der Waals surface area contributed by atoms with Gasteiger partial charge in [-0.2, -0.15) is 0 Å². The molecule has 1 atom stereocenters. The van der Waals surface area contributed by atoms with Crippen LogP contribution >= 0.6 is 0 Å². The molecule has 13 heavy (non-hydrogen) atoms. The molecule has 0 aromatic carbocycles. The average Bonchev–Trinajstić information content (AvgIpc) is 1.97. The van der Waals surface area contributed by atoms with E-state index in [-0.39, 0.29) is 12.2 Å². The summed E-state index contributed by atoms with van der Waals surface area (Å²) in [5.74, 6) is -0.560. The van der Waals surface area contributed by atoms with Crippen molar-refractivity contribution in [3.63, 3.8) is 0 Å². The third-order valence-electron chi connectivity index (χ3n) is 1.53. The monoisotopic (exact) mass is 206 g/mol. The number of rotatable bonds is 4.